The van der Waals surface area contributed by atoms with Crippen LogP contribution in [0, 0.1) is 0 Å². The SMILES string of the molecule is c1ccc(-c2nc(-c3ccccc3)nc(-c3ccc(-n4c5ccccc5c5cc(-c6ccc7c(c6)c6ccc8c(ccn8-c8ccccc8)c6n7-c6ccccc6)ccc54)cc3)n2)cc1. The monoisotopic (exact) mass is 830 g/mol. The predicted octanol–water partition coefficient (Wildman–Crippen LogP) is 14.7. The number of hydrogen-bond acceptors (Lipinski definition) is 3. The molecule has 0 aliphatic heterocycles. The number of hydrogen-bond donors (Lipinski definition) is 0. The predicted molar refractivity (Wildman–Crippen MR) is 267 cm³/mol. The van der Waals surface area contributed by atoms with Crippen LogP contribution in [0.15, 0.2) is 231 Å². The van der Waals surface area contributed by atoms with E-state index in [2.05, 4.69) is 184 Å². The van der Waals surface area contributed by atoms with Gasteiger partial charge in [0, 0.05) is 66.9 Å². The van der Waals surface area contributed by atoms with Crippen molar-refractivity contribution in [2.24, 2.45) is 0 Å². The largest absolute Gasteiger partial charge is 0.316 e. The fraction of sp³-hybridized carbons (Fsp3) is 0. The van der Waals surface area contributed by atoms with Crippen molar-refractivity contribution >= 4 is 54.5 Å². The molecule has 0 amide bonds. The molecule has 65 heavy (non-hydrogen) atoms. The Morgan fingerprint density at radius 3 is 1.32 bits per heavy atom. The minimum Gasteiger partial charge on any atom is -0.316 e. The molecule has 0 aliphatic carbocycles. The van der Waals surface area contributed by atoms with Gasteiger partial charge in [0.15, 0.2) is 17.5 Å². The molecule has 0 N–H and O–H groups in total. The third-order valence-electron chi connectivity index (χ3n) is 12.7. The van der Waals surface area contributed by atoms with E-state index < -0.39 is 0 Å². The first-order valence-corrected chi connectivity index (χ1v) is 21.9. The lowest BCUT2D eigenvalue weighted by Gasteiger charge is -2.11. The van der Waals surface area contributed by atoms with Crippen molar-refractivity contribution in [2.45, 2.75) is 0 Å². The first kappa shape index (κ1) is 36.8. The third kappa shape index (κ3) is 6.07. The fourth-order valence-electron chi connectivity index (χ4n) is 9.69. The highest BCUT2D eigenvalue weighted by Gasteiger charge is 2.20. The maximum Gasteiger partial charge on any atom is 0.164 e. The van der Waals surface area contributed by atoms with Crippen LogP contribution in [-0.2, 0) is 0 Å². The fourth-order valence-corrected chi connectivity index (χ4v) is 9.69. The lowest BCUT2D eigenvalue weighted by Crippen LogP contribution is -2.00. The van der Waals surface area contributed by atoms with Crippen molar-refractivity contribution in [1.82, 2.24) is 28.7 Å². The molecule has 6 nitrogen and oxygen atoms in total. The van der Waals surface area contributed by atoms with Crippen LogP contribution in [0.1, 0.15) is 0 Å². The Morgan fingerprint density at radius 2 is 0.708 bits per heavy atom. The molecule has 6 heteroatoms. The molecule has 0 spiro atoms. The topological polar surface area (TPSA) is 53.5 Å². The van der Waals surface area contributed by atoms with E-state index in [1.165, 1.54) is 54.6 Å². The van der Waals surface area contributed by atoms with Gasteiger partial charge >= 0.3 is 0 Å². The maximum absolute atomic E-state index is 4.98. The highest BCUT2D eigenvalue weighted by atomic mass is 15.0. The van der Waals surface area contributed by atoms with Crippen molar-refractivity contribution in [1.29, 1.82) is 0 Å². The van der Waals surface area contributed by atoms with E-state index in [1.54, 1.807) is 0 Å². The van der Waals surface area contributed by atoms with Crippen LogP contribution in [0.2, 0.25) is 0 Å². The molecular weight excluding hydrogens is 793 g/mol. The molecule has 0 saturated carbocycles. The Labute approximate surface area is 374 Å². The van der Waals surface area contributed by atoms with Crippen LogP contribution in [0.5, 0.6) is 0 Å². The van der Waals surface area contributed by atoms with Gasteiger partial charge in [-0.05, 0) is 102 Å². The van der Waals surface area contributed by atoms with E-state index in [0.717, 1.165) is 44.8 Å². The second-order valence-corrected chi connectivity index (χ2v) is 16.5. The summed E-state index contributed by atoms with van der Waals surface area (Å²) in [7, 11) is 0. The molecule has 0 atom stereocenters. The lowest BCUT2D eigenvalue weighted by molar-refractivity contribution is 1.07. The number of aromatic nitrogens is 6. The van der Waals surface area contributed by atoms with Gasteiger partial charge < -0.3 is 13.7 Å². The summed E-state index contributed by atoms with van der Waals surface area (Å²) in [6.45, 7) is 0. The van der Waals surface area contributed by atoms with Crippen molar-refractivity contribution in [3.05, 3.63) is 231 Å². The second kappa shape index (κ2) is 14.9. The van der Waals surface area contributed by atoms with E-state index in [0.29, 0.717) is 17.5 Å². The molecule has 13 rings (SSSR count). The number of para-hydroxylation sites is 3. The molecule has 0 fully saturated rings. The zero-order valence-electron chi connectivity index (χ0n) is 35.1. The summed E-state index contributed by atoms with van der Waals surface area (Å²) in [4.78, 5) is 14.8. The van der Waals surface area contributed by atoms with Crippen LogP contribution in [0.25, 0.3) is 117 Å². The molecule has 0 bridgehead atoms. The number of benzene rings is 9. The Morgan fingerprint density at radius 1 is 0.262 bits per heavy atom. The first-order valence-electron chi connectivity index (χ1n) is 21.9. The molecule has 4 aromatic heterocycles. The third-order valence-corrected chi connectivity index (χ3v) is 12.7. The average molecular weight is 831 g/mol. The van der Waals surface area contributed by atoms with Crippen LogP contribution in [-0.4, -0.2) is 28.7 Å². The van der Waals surface area contributed by atoms with E-state index in [-0.39, 0.29) is 0 Å². The van der Waals surface area contributed by atoms with E-state index in [9.17, 15) is 0 Å². The number of rotatable bonds is 7. The molecule has 0 aliphatic rings. The summed E-state index contributed by atoms with van der Waals surface area (Å²) in [6.07, 6.45) is 2.19. The molecule has 304 valence electrons. The highest BCUT2D eigenvalue weighted by molar-refractivity contribution is 6.19. The van der Waals surface area contributed by atoms with Crippen molar-refractivity contribution < 1.29 is 0 Å². The van der Waals surface area contributed by atoms with E-state index in [4.69, 9.17) is 15.0 Å². The van der Waals surface area contributed by atoms with Crippen LogP contribution >= 0.6 is 0 Å². The summed E-state index contributed by atoms with van der Waals surface area (Å²) in [6, 6.07) is 79.5. The van der Waals surface area contributed by atoms with Crippen molar-refractivity contribution in [3.63, 3.8) is 0 Å². The van der Waals surface area contributed by atoms with Gasteiger partial charge in [-0.25, -0.2) is 15.0 Å². The van der Waals surface area contributed by atoms with Crippen LogP contribution in [0.4, 0.5) is 0 Å². The van der Waals surface area contributed by atoms with Gasteiger partial charge in [-0.3, -0.25) is 0 Å². The number of fused-ring (bicyclic) bond motifs is 8. The quantitative estimate of drug-likeness (QED) is 0.161. The molecule has 13 aromatic rings. The Bertz CT molecular complexity index is 3850. The molecule has 4 heterocycles. The smallest absolute Gasteiger partial charge is 0.164 e. The second-order valence-electron chi connectivity index (χ2n) is 16.5. The Hall–Kier alpha value is -8.87. The standard InChI is InChI=1S/C59H38N6/c1-5-15-39(16-6-1)57-60-58(40-17-7-2-8-18-40)62-59(61-57)41-25-29-46(30-26-41)64-53-24-14-13-23-47(53)50-37-42(27-32-54(50)64)43-28-33-55-51(38-43)48-31-34-52-49(35-36-63(52)44-19-9-3-10-20-44)56(48)65(55)45-21-11-4-12-22-45/h1-38H. The summed E-state index contributed by atoms with van der Waals surface area (Å²) < 4.78 is 7.07. The van der Waals surface area contributed by atoms with E-state index >= 15 is 0 Å². The van der Waals surface area contributed by atoms with Gasteiger partial charge in [0.05, 0.1) is 27.6 Å². The summed E-state index contributed by atoms with van der Waals surface area (Å²) >= 11 is 0. The lowest BCUT2D eigenvalue weighted by atomic mass is 10.0. The molecule has 0 radical (unpaired) electrons. The summed E-state index contributed by atoms with van der Waals surface area (Å²) in [5.41, 5.74) is 14.4. The van der Waals surface area contributed by atoms with Gasteiger partial charge in [-0.15, -0.1) is 0 Å². The molecule has 9 aromatic carbocycles. The van der Waals surface area contributed by atoms with Gasteiger partial charge in [0.1, 0.15) is 0 Å². The highest BCUT2D eigenvalue weighted by Crippen LogP contribution is 2.41. The first-order chi connectivity index (χ1) is 32.2. The normalized spacial score (nSPS) is 11.7. The molecule has 0 unspecified atom stereocenters. The van der Waals surface area contributed by atoms with Crippen molar-refractivity contribution in [3.8, 4) is 62.4 Å². The van der Waals surface area contributed by atoms with Crippen LogP contribution in [0.3, 0.4) is 0 Å². The number of nitrogens with zero attached hydrogens (tertiary/aromatic N) is 6. The van der Waals surface area contributed by atoms with Gasteiger partial charge in [-0.1, -0.05) is 133 Å². The van der Waals surface area contributed by atoms with Gasteiger partial charge in [-0.2, -0.15) is 0 Å². The summed E-state index contributed by atoms with van der Waals surface area (Å²) in [5, 5.41) is 6.09. The van der Waals surface area contributed by atoms with Crippen LogP contribution < -0.4 is 0 Å². The Kier molecular flexibility index (Phi) is 8.42. The Balaban J connectivity index is 0.921. The zero-order valence-corrected chi connectivity index (χ0v) is 35.1. The average Bonchev–Trinajstić information content (AvgIpc) is 4.07. The van der Waals surface area contributed by atoms with Gasteiger partial charge in [0.2, 0.25) is 0 Å². The maximum atomic E-state index is 4.98. The minimum atomic E-state index is 0.634. The van der Waals surface area contributed by atoms with Gasteiger partial charge in [0.25, 0.3) is 0 Å². The molecular formula is C59H38N6. The minimum absolute atomic E-state index is 0.634. The zero-order chi connectivity index (χ0) is 42.8. The molecule has 0 saturated heterocycles. The summed E-state index contributed by atoms with van der Waals surface area (Å²) in [5.74, 6) is 1.93. The van der Waals surface area contributed by atoms with E-state index in [1.807, 2.05) is 60.7 Å². The van der Waals surface area contributed by atoms with Crippen molar-refractivity contribution in [2.75, 3.05) is 0 Å².